The molecule has 0 aliphatic heterocycles. The van der Waals surface area contributed by atoms with Crippen molar-refractivity contribution in [2.24, 2.45) is 0 Å². The standard InChI is InChI=1S/C13H18ClN3O/c1-13(5-3-2-4-6-13)17-12(18)9-7-11(14)16-8-10(9)15/h7-8H,2-6,15H2,1H3,(H,17,18). The number of halogens is 1. The zero-order valence-electron chi connectivity index (χ0n) is 10.5. The predicted molar refractivity (Wildman–Crippen MR) is 72.6 cm³/mol. The van der Waals surface area contributed by atoms with Crippen molar-refractivity contribution >= 4 is 23.2 Å². The van der Waals surface area contributed by atoms with Crippen LogP contribution in [0.1, 0.15) is 49.4 Å². The number of nitrogens with zero attached hydrogens (tertiary/aromatic N) is 1. The number of amides is 1. The van der Waals surface area contributed by atoms with E-state index in [2.05, 4.69) is 17.2 Å². The molecule has 0 saturated heterocycles. The number of hydrogen-bond donors (Lipinski definition) is 2. The summed E-state index contributed by atoms with van der Waals surface area (Å²) in [6, 6.07) is 1.51. The first-order chi connectivity index (χ1) is 8.50. The van der Waals surface area contributed by atoms with Crippen molar-refractivity contribution < 1.29 is 4.79 Å². The van der Waals surface area contributed by atoms with Crippen LogP contribution in [-0.4, -0.2) is 16.4 Å². The number of hydrogen-bond acceptors (Lipinski definition) is 3. The van der Waals surface area contributed by atoms with Crippen molar-refractivity contribution in [3.63, 3.8) is 0 Å². The molecule has 0 spiro atoms. The van der Waals surface area contributed by atoms with Gasteiger partial charge < -0.3 is 11.1 Å². The van der Waals surface area contributed by atoms with E-state index in [0.29, 0.717) is 11.3 Å². The van der Waals surface area contributed by atoms with Crippen LogP contribution in [0.15, 0.2) is 12.3 Å². The summed E-state index contributed by atoms with van der Waals surface area (Å²) in [6.45, 7) is 2.09. The maximum absolute atomic E-state index is 12.2. The molecule has 1 amide bonds. The van der Waals surface area contributed by atoms with Crippen LogP contribution in [0.5, 0.6) is 0 Å². The first-order valence-electron chi connectivity index (χ1n) is 6.24. The Bertz CT molecular complexity index is 456. The van der Waals surface area contributed by atoms with Crippen molar-refractivity contribution in [2.45, 2.75) is 44.6 Å². The highest BCUT2D eigenvalue weighted by molar-refractivity contribution is 6.29. The van der Waals surface area contributed by atoms with Gasteiger partial charge in [-0.3, -0.25) is 4.79 Å². The van der Waals surface area contributed by atoms with Crippen LogP contribution in [-0.2, 0) is 0 Å². The number of nitrogens with two attached hydrogens (primary N) is 1. The molecule has 18 heavy (non-hydrogen) atoms. The van der Waals surface area contributed by atoms with E-state index in [4.69, 9.17) is 17.3 Å². The van der Waals surface area contributed by atoms with E-state index in [1.807, 2.05) is 0 Å². The molecule has 4 nitrogen and oxygen atoms in total. The second kappa shape index (κ2) is 5.14. The van der Waals surface area contributed by atoms with Crippen molar-refractivity contribution in [3.8, 4) is 0 Å². The molecule has 0 bridgehead atoms. The van der Waals surface area contributed by atoms with E-state index in [0.717, 1.165) is 25.7 Å². The van der Waals surface area contributed by atoms with Crippen LogP contribution in [0.3, 0.4) is 0 Å². The average molecular weight is 268 g/mol. The number of aromatic nitrogens is 1. The van der Waals surface area contributed by atoms with E-state index >= 15 is 0 Å². The topological polar surface area (TPSA) is 68.0 Å². The summed E-state index contributed by atoms with van der Waals surface area (Å²) in [5, 5.41) is 3.35. The van der Waals surface area contributed by atoms with Gasteiger partial charge in [-0.25, -0.2) is 4.98 Å². The maximum atomic E-state index is 12.2. The Labute approximate surface area is 112 Å². The van der Waals surface area contributed by atoms with Gasteiger partial charge in [0, 0.05) is 5.54 Å². The van der Waals surface area contributed by atoms with Crippen LogP contribution < -0.4 is 11.1 Å². The minimum atomic E-state index is -0.166. The molecule has 1 aromatic heterocycles. The number of anilines is 1. The van der Waals surface area contributed by atoms with Crippen LogP contribution in [0.25, 0.3) is 0 Å². The molecular formula is C13H18ClN3O. The van der Waals surface area contributed by atoms with Gasteiger partial charge in [-0.2, -0.15) is 0 Å². The van der Waals surface area contributed by atoms with E-state index in [9.17, 15) is 4.79 Å². The largest absolute Gasteiger partial charge is 0.397 e. The summed E-state index contributed by atoms with van der Waals surface area (Å²) in [5.74, 6) is -0.166. The highest BCUT2D eigenvalue weighted by atomic mass is 35.5. The van der Waals surface area contributed by atoms with Crippen LogP contribution in [0.2, 0.25) is 5.15 Å². The van der Waals surface area contributed by atoms with Gasteiger partial charge in [0.2, 0.25) is 0 Å². The van der Waals surface area contributed by atoms with E-state index in [-0.39, 0.29) is 16.6 Å². The van der Waals surface area contributed by atoms with Crippen molar-refractivity contribution in [3.05, 3.63) is 23.0 Å². The lowest BCUT2D eigenvalue weighted by Crippen LogP contribution is -2.47. The van der Waals surface area contributed by atoms with Gasteiger partial charge in [0.25, 0.3) is 5.91 Å². The van der Waals surface area contributed by atoms with Gasteiger partial charge in [0.05, 0.1) is 17.4 Å². The fourth-order valence-electron chi connectivity index (χ4n) is 2.44. The Kier molecular flexibility index (Phi) is 3.76. The summed E-state index contributed by atoms with van der Waals surface area (Å²) in [7, 11) is 0. The van der Waals surface area contributed by atoms with Crippen LogP contribution in [0.4, 0.5) is 5.69 Å². The SMILES string of the molecule is CC1(NC(=O)c2cc(Cl)ncc2N)CCCCC1. The molecule has 5 heteroatoms. The normalized spacial score (nSPS) is 18.3. The van der Waals surface area contributed by atoms with Gasteiger partial charge in [-0.1, -0.05) is 30.9 Å². The zero-order valence-corrected chi connectivity index (χ0v) is 11.3. The van der Waals surface area contributed by atoms with E-state index in [1.54, 1.807) is 0 Å². The second-order valence-electron chi connectivity index (χ2n) is 5.17. The van der Waals surface area contributed by atoms with Gasteiger partial charge in [0.15, 0.2) is 0 Å². The van der Waals surface area contributed by atoms with Gasteiger partial charge in [-0.15, -0.1) is 0 Å². The lowest BCUT2D eigenvalue weighted by atomic mass is 9.83. The molecule has 1 saturated carbocycles. The van der Waals surface area contributed by atoms with E-state index < -0.39 is 0 Å². The first-order valence-corrected chi connectivity index (χ1v) is 6.61. The monoisotopic (exact) mass is 267 g/mol. The summed E-state index contributed by atoms with van der Waals surface area (Å²) in [6.07, 6.45) is 7.00. The minimum absolute atomic E-state index is 0.127. The molecule has 1 heterocycles. The fraction of sp³-hybridized carbons (Fsp3) is 0.538. The Balaban J connectivity index is 2.14. The molecule has 1 aliphatic carbocycles. The molecule has 0 radical (unpaired) electrons. The Hall–Kier alpha value is -1.29. The third-order valence-electron chi connectivity index (χ3n) is 3.52. The van der Waals surface area contributed by atoms with Crippen molar-refractivity contribution in [1.29, 1.82) is 0 Å². The third-order valence-corrected chi connectivity index (χ3v) is 3.73. The highest BCUT2D eigenvalue weighted by Gasteiger charge is 2.29. The van der Waals surface area contributed by atoms with Gasteiger partial charge in [-0.05, 0) is 25.8 Å². The molecule has 1 aliphatic rings. The zero-order chi connectivity index (χ0) is 13.2. The Morgan fingerprint density at radius 2 is 2.11 bits per heavy atom. The summed E-state index contributed by atoms with van der Waals surface area (Å²) in [4.78, 5) is 16.1. The van der Waals surface area contributed by atoms with Crippen LogP contribution >= 0.6 is 11.6 Å². The molecule has 1 aromatic rings. The van der Waals surface area contributed by atoms with Gasteiger partial charge in [0.1, 0.15) is 5.15 Å². The van der Waals surface area contributed by atoms with Crippen LogP contribution in [0, 0.1) is 0 Å². The number of pyridine rings is 1. The van der Waals surface area contributed by atoms with E-state index in [1.165, 1.54) is 18.7 Å². The maximum Gasteiger partial charge on any atom is 0.253 e. The third kappa shape index (κ3) is 2.93. The molecular weight excluding hydrogens is 250 g/mol. The molecule has 3 N–H and O–H groups in total. The fourth-order valence-corrected chi connectivity index (χ4v) is 2.59. The average Bonchev–Trinajstić information content (AvgIpc) is 2.32. The lowest BCUT2D eigenvalue weighted by Gasteiger charge is -2.34. The summed E-state index contributed by atoms with van der Waals surface area (Å²) < 4.78 is 0. The molecule has 1 fully saturated rings. The molecule has 0 aromatic carbocycles. The number of nitrogens with one attached hydrogen (secondary N) is 1. The van der Waals surface area contributed by atoms with Crippen molar-refractivity contribution in [2.75, 3.05) is 5.73 Å². The Morgan fingerprint density at radius 3 is 2.78 bits per heavy atom. The summed E-state index contributed by atoms with van der Waals surface area (Å²) in [5.41, 5.74) is 6.39. The summed E-state index contributed by atoms with van der Waals surface area (Å²) >= 11 is 5.79. The smallest absolute Gasteiger partial charge is 0.253 e. The highest BCUT2D eigenvalue weighted by Crippen LogP contribution is 2.28. The number of rotatable bonds is 2. The number of carbonyl (C=O) groups is 1. The van der Waals surface area contributed by atoms with Gasteiger partial charge >= 0.3 is 0 Å². The minimum Gasteiger partial charge on any atom is -0.397 e. The lowest BCUT2D eigenvalue weighted by molar-refractivity contribution is 0.0883. The predicted octanol–water partition coefficient (Wildman–Crippen LogP) is 2.77. The molecule has 0 atom stereocenters. The molecule has 0 unspecified atom stereocenters. The van der Waals surface area contributed by atoms with Crippen molar-refractivity contribution in [1.82, 2.24) is 10.3 Å². The quantitative estimate of drug-likeness (QED) is 0.810. The Morgan fingerprint density at radius 1 is 1.44 bits per heavy atom. The molecule has 98 valence electrons. The number of carbonyl (C=O) groups excluding carboxylic acids is 1. The molecule has 2 rings (SSSR count). The first kappa shape index (κ1) is 13.1. The number of nitrogen functional groups attached to an aromatic ring is 1. The second-order valence-corrected chi connectivity index (χ2v) is 5.56.